The van der Waals surface area contributed by atoms with E-state index >= 15 is 0 Å². The van der Waals surface area contributed by atoms with Crippen LogP contribution in [0.15, 0.2) is 4.99 Å². The van der Waals surface area contributed by atoms with Crippen molar-refractivity contribution in [1.29, 1.82) is 5.26 Å². The van der Waals surface area contributed by atoms with Crippen molar-refractivity contribution in [2.45, 2.75) is 32.7 Å². The Kier molecular flexibility index (Phi) is 8.35. The van der Waals surface area contributed by atoms with E-state index in [9.17, 15) is 4.79 Å². The third kappa shape index (κ3) is 7.12. The van der Waals surface area contributed by atoms with Gasteiger partial charge in [-0.25, -0.2) is 0 Å². The number of amidine groups is 1. The Morgan fingerprint density at radius 2 is 2.31 bits per heavy atom. The Morgan fingerprint density at radius 3 is 2.81 bits per heavy atom. The van der Waals surface area contributed by atoms with Crippen LogP contribution in [0, 0.1) is 11.5 Å². The Balaban J connectivity index is 3.88. The van der Waals surface area contributed by atoms with E-state index in [1.165, 1.54) is 11.8 Å². The molecule has 0 aromatic heterocycles. The van der Waals surface area contributed by atoms with E-state index in [0.29, 0.717) is 18.1 Å². The number of hydrogen-bond donors (Lipinski definition) is 2. The number of carbonyl (C=O) groups excluding carboxylic acids is 1. The quantitative estimate of drug-likeness (QED) is 0.327. The molecule has 1 atom stereocenters. The van der Waals surface area contributed by atoms with Crippen molar-refractivity contribution >= 4 is 22.8 Å². The van der Waals surface area contributed by atoms with Crippen LogP contribution in [-0.4, -0.2) is 29.9 Å². The predicted octanol–water partition coefficient (Wildman–Crippen LogP) is 1.08. The first-order valence-corrected chi connectivity index (χ1v) is 6.39. The molecule has 0 rings (SSSR count). The van der Waals surface area contributed by atoms with Crippen LogP contribution >= 0.6 is 11.8 Å². The van der Waals surface area contributed by atoms with Crippen molar-refractivity contribution in [3.05, 3.63) is 0 Å². The van der Waals surface area contributed by atoms with Crippen molar-refractivity contribution in [3.8, 4) is 6.19 Å². The molecule has 90 valence electrons. The van der Waals surface area contributed by atoms with Gasteiger partial charge in [-0.1, -0.05) is 18.7 Å². The molecule has 0 aliphatic rings. The maximum Gasteiger partial charge on any atom is 0.222 e. The van der Waals surface area contributed by atoms with Gasteiger partial charge in [0, 0.05) is 12.5 Å². The van der Waals surface area contributed by atoms with Crippen LogP contribution < -0.4 is 10.6 Å². The zero-order chi connectivity index (χ0) is 12.4. The van der Waals surface area contributed by atoms with E-state index in [1.54, 1.807) is 6.19 Å². The van der Waals surface area contributed by atoms with E-state index < -0.39 is 0 Å². The van der Waals surface area contributed by atoms with Gasteiger partial charge in [-0.15, -0.1) is 0 Å². The average molecular weight is 242 g/mol. The highest BCUT2D eigenvalue weighted by Gasteiger charge is 2.04. The van der Waals surface area contributed by atoms with Crippen molar-refractivity contribution in [3.63, 3.8) is 0 Å². The van der Waals surface area contributed by atoms with Crippen molar-refractivity contribution in [2.24, 2.45) is 4.99 Å². The third-order valence-corrected chi connectivity index (χ3v) is 2.59. The highest BCUT2D eigenvalue weighted by Crippen LogP contribution is 1.96. The summed E-state index contributed by atoms with van der Waals surface area (Å²) >= 11 is 1.35. The largest absolute Gasteiger partial charge is 0.354 e. The second-order valence-corrected chi connectivity index (χ2v) is 4.05. The van der Waals surface area contributed by atoms with Crippen LogP contribution in [0.5, 0.6) is 0 Å². The molecule has 0 saturated heterocycles. The first kappa shape index (κ1) is 14.8. The number of nitrogens with one attached hydrogen (secondary N) is 2. The third-order valence-electron chi connectivity index (χ3n) is 1.97. The van der Waals surface area contributed by atoms with E-state index in [2.05, 4.69) is 15.6 Å². The summed E-state index contributed by atoms with van der Waals surface area (Å²) in [6.07, 6.45) is 4.88. The maximum atomic E-state index is 11.4. The normalized spacial score (nSPS) is 12.8. The number of hydrogen-bond acceptors (Lipinski definition) is 4. The van der Waals surface area contributed by atoms with Gasteiger partial charge >= 0.3 is 0 Å². The molecule has 0 bridgehead atoms. The van der Waals surface area contributed by atoms with Gasteiger partial charge in [0.1, 0.15) is 0 Å². The summed E-state index contributed by atoms with van der Waals surface area (Å²) in [6.45, 7) is 4.38. The SMILES string of the molecule is CCC(C)NC(=O)CCN=C(NC#N)SC. The molecule has 5 nitrogen and oxygen atoms in total. The van der Waals surface area contributed by atoms with Gasteiger partial charge in [0.2, 0.25) is 5.91 Å². The van der Waals surface area contributed by atoms with Gasteiger partial charge in [-0.2, -0.15) is 5.26 Å². The minimum absolute atomic E-state index is 0.00416. The lowest BCUT2D eigenvalue weighted by atomic mass is 10.2. The van der Waals surface area contributed by atoms with E-state index in [-0.39, 0.29) is 11.9 Å². The fourth-order valence-electron chi connectivity index (χ4n) is 0.911. The molecule has 1 unspecified atom stereocenters. The summed E-state index contributed by atoms with van der Waals surface area (Å²) in [4.78, 5) is 15.5. The fourth-order valence-corrected chi connectivity index (χ4v) is 1.28. The molecule has 0 heterocycles. The standard InChI is InChI=1S/C10H18N4OS/c1-4-8(2)14-9(15)5-6-12-10(16-3)13-7-11/h8H,4-6H2,1-3H3,(H,12,13)(H,14,15). The Bertz CT molecular complexity index is 285. The minimum atomic E-state index is -0.00416. The van der Waals surface area contributed by atoms with Crippen LogP contribution in [-0.2, 0) is 4.79 Å². The summed E-state index contributed by atoms with van der Waals surface area (Å²) in [5, 5.41) is 14.2. The summed E-state index contributed by atoms with van der Waals surface area (Å²) in [7, 11) is 0. The monoisotopic (exact) mass is 242 g/mol. The molecule has 0 radical (unpaired) electrons. The van der Waals surface area contributed by atoms with Gasteiger partial charge in [-0.05, 0) is 19.6 Å². The van der Waals surface area contributed by atoms with Crippen LogP contribution in [0.1, 0.15) is 26.7 Å². The predicted molar refractivity (Wildman–Crippen MR) is 67.1 cm³/mol. The Morgan fingerprint density at radius 1 is 1.62 bits per heavy atom. The maximum absolute atomic E-state index is 11.4. The molecule has 0 aliphatic heterocycles. The molecule has 0 aromatic rings. The zero-order valence-electron chi connectivity index (χ0n) is 9.91. The fraction of sp³-hybridized carbons (Fsp3) is 0.700. The zero-order valence-corrected chi connectivity index (χ0v) is 10.7. The first-order valence-electron chi connectivity index (χ1n) is 5.16. The van der Waals surface area contributed by atoms with Gasteiger partial charge < -0.3 is 5.32 Å². The van der Waals surface area contributed by atoms with Crippen LogP contribution in [0.2, 0.25) is 0 Å². The van der Waals surface area contributed by atoms with Crippen LogP contribution in [0.25, 0.3) is 0 Å². The molecule has 2 N–H and O–H groups in total. The second kappa shape index (κ2) is 9.04. The van der Waals surface area contributed by atoms with Crippen molar-refractivity contribution in [2.75, 3.05) is 12.8 Å². The molecule has 0 spiro atoms. The molecule has 0 aromatic carbocycles. The van der Waals surface area contributed by atoms with Crippen LogP contribution in [0.3, 0.4) is 0 Å². The first-order chi connectivity index (χ1) is 7.63. The average Bonchev–Trinajstić information content (AvgIpc) is 2.27. The summed E-state index contributed by atoms with van der Waals surface area (Å²) in [5.41, 5.74) is 0. The number of carbonyl (C=O) groups is 1. The Hall–Kier alpha value is -1.22. The van der Waals surface area contributed by atoms with Gasteiger partial charge in [-0.3, -0.25) is 15.1 Å². The molecule has 0 fully saturated rings. The number of nitrogens with zero attached hydrogens (tertiary/aromatic N) is 2. The smallest absolute Gasteiger partial charge is 0.222 e. The van der Waals surface area contributed by atoms with E-state index in [4.69, 9.17) is 5.26 Å². The van der Waals surface area contributed by atoms with Gasteiger partial charge in [0.25, 0.3) is 0 Å². The number of amides is 1. The summed E-state index contributed by atoms with van der Waals surface area (Å²) in [5.74, 6) is -0.00416. The number of aliphatic imine (C=N–C) groups is 1. The topological polar surface area (TPSA) is 77.3 Å². The van der Waals surface area contributed by atoms with Crippen LogP contribution in [0.4, 0.5) is 0 Å². The molecular formula is C10H18N4OS. The molecule has 6 heteroatoms. The molecule has 16 heavy (non-hydrogen) atoms. The summed E-state index contributed by atoms with van der Waals surface area (Å²) < 4.78 is 0. The molecule has 0 aliphatic carbocycles. The highest BCUT2D eigenvalue weighted by atomic mass is 32.2. The molecular weight excluding hydrogens is 224 g/mol. The number of rotatable bonds is 5. The number of thioether (sulfide) groups is 1. The lowest BCUT2D eigenvalue weighted by Gasteiger charge is -2.10. The van der Waals surface area contributed by atoms with Crippen molar-refractivity contribution in [1.82, 2.24) is 10.6 Å². The number of nitriles is 1. The minimum Gasteiger partial charge on any atom is -0.354 e. The summed E-state index contributed by atoms with van der Waals surface area (Å²) in [6, 6.07) is 0.203. The Labute approximate surface area is 101 Å². The van der Waals surface area contributed by atoms with Crippen molar-refractivity contribution < 1.29 is 4.79 Å². The lowest BCUT2D eigenvalue weighted by molar-refractivity contribution is -0.121. The second-order valence-electron chi connectivity index (χ2n) is 3.25. The van der Waals surface area contributed by atoms with Gasteiger partial charge in [0.05, 0.1) is 6.54 Å². The van der Waals surface area contributed by atoms with Gasteiger partial charge in [0.15, 0.2) is 11.4 Å². The van der Waals surface area contributed by atoms with E-state index in [0.717, 1.165) is 6.42 Å². The molecule has 1 amide bonds. The highest BCUT2D eigenvalue weighted by molar-refractivity contribution is 8.13. The lowest BCUT2D eigenvalue weighted by Crippen LogP contribution is -2.32. The molecule has 0 saturated carbocycles. The van der Waals surface area contributed by atoms with E-state index in [1.807, 2.05) is 20.1 Å².